The van der Waals surface area contributed by atoms with Crippen LogP contribution in [-0.2, 0) is 4.74 Å². The van der Waals surface area contributed by atoms with Crippen molar-refractivity contribution < 1.29 is 17.9 Å². The Kier molecular flexibility index (Phi) is 4.67. The minimum absolute atomic E-state index is 0.00653. The lowest BCUT2D eigenvalue weighted by molar-refractivity contribution is -0.185. The van der Waals surface area contributed by atoms with Crippen LogP contribution in [0.3, 0.4) is 0 Å². The summed E-state index contributed by atoms with van der Waals surface area (Å²) in [4.78, 5) is 0. The van der Waals surface area contributed by atoms with Crippen LogP contribution in [0.1, 0.15) is 19.8 Å². The van der Waals surface area contributed by atoms with Gasteiger partial charge in [0.15, 0.2) is 0 Å². The fourth-order valence-electron chi connectivity index (χ4n) is 0.635. The number of nitrogens with zero attached hydrogens (tertiary/aromatic N) is 1. The quantitative estimate of drug-likeness (QED) is 0.666. The van der Waals surface area contributed by atoms with Crippen molar-refractivity contribution in [3.05, 3.63) is 0 Å². The first kappa shape index (κ1) is 11.2. The van der Waals surface area contributed by atoms with Gasteiger partial charge in [0, 0.05) is 0 Å². The summed E-state index contributed by atoms with van der Waals surface area (Å²) >= 11 is 0. The van der Waals surface area contributed by atoms with E-state index in [1.165, 1.54) is 0 Å². The smallest absolute Gasteiger partial charge is 0.368 e. The lowest BCUT2D eigenvalue weighted by Gasteiger charge is -2.13. The molecule has 12 heavy (non-hydrogen) atoms. The van der Waals surface area contributed by atoms with Gasteiger partial charge in [-0.25, -0.2) is 0 Å². The fraction of sp³-hybridized carbons (Fsp3) is 0.857. The van der Waals surface area contributed by atoms with Gasteiger partial charge in [-0.1, -0.05) is 6.92 Å². The third-order valence-corrected chi connectivity index (χ3v) is 1.26. The van der Waals surface area contributed by atoms with E-state index in [-0.39, 0.29) is 6.42 Å². The molecule has 5 heteroatoms. The zero-order chi connectivity index (χ0) is 9.61. The van der Waals surface area contributed by atoms with Crippen LogP contribution in [0, 0.1) is 11.3 Å². The first-order valence-electron chi connectivity index (χ1n) is 3.55. The summed E-state index contributed by atoms with van der Waals surface area (Å²) in [7, 11) is 0. The Hall–Kier alpha value is -0.760. The Morgan fingerprint density at radius 2 is 2.08 bits per heavy atom. The number of hydrogen-bond donors (Lipinski definition) is 0. The van der Waals surface area contributed by atoms with E-state index in [2.05, 4.69) is 4.74 Å². The van der Waals surface area contributed by atoms with E-state index < -0.39 is 18.9 Å². The maximum absolute atomic E-state index is 11.6. The average molecular weight is 181 g/mol. The molecular formula is C7H10F3NO. The molecule has 0 aromatic carbocycles. The summed E-state index contributed by atoms with van der Waals surface area (Å²) in [6.45, 7) is 0.408. The van der Waals surface area contributed by atoms with Crippen LogP contribution >= 0.6 is 0 Å². The SMILES string of the molecule is CCC(CC#N)OCC(F)(F)F. The standard InChI is InChI=1S/C7H10F3NO/c1-2-6(3-4-11)12-5-7(8,9)10/h6H,2-3,5H2,1H3. The van der Waals surface area contributed by atoms with Crippen LogP contribution < -0.4 is 0 Å². The Bertz CT molecular complexity index is 161. The molecule has 0 aromatic rings. The summed E-state index contributed by atoms with van der Waals surface area (Å²) in [5.41, 5.74) is 0. The first-order chi connectivity index (χ1) is 5.49. The molecule has 0 aliphatic heterocycles. The molecule has 0 rings (SSSR count). The molecule has 0 aromatic heterocycles. The number of alkyl halides is 3. The predicted molar refractivity (Wildman–Crippen MR) is 36.3 cm³/mol. The molecule has 0 heterocycles. The van der Waals surface area contributed by atoms with E-state index in [0.717, 1.165) is 0 Å². The van der Waals surface area contributed by atoms with E-state index in [4.69, 9.17) is 5.26 Å². The molecule has 1 unspecified atom stereocenters. The van der Waals surface area contributed by atoms with Crippen molar-refractivity contribution in [1.29, 1.82) is 5.26 Å². The van der Waals surface area contributed by atoms with E-state index in [0.29, 0.717) is 6.42 Å². The van der Waals surface area contributed by atoms with Gasteiger partial charge in [-0.3, -0.25) is 0 Å². The van der Waals surface area contributed by atoms with E-state index in [9.17, 15) is 13.2 Å². The average Bonchev–Trinajstić information content (AvgIpc) is 1.96. The lowest BCUT2D eigenvalue weighted by Crippen LogP contribution is -2.22. The molecule has 0 saturated carbocycles. The predicted octanol–water partition coefficient (Wildman–Crippen LogP) is 2.26. The maximum Gasteiger partial charge on any atom is 0.411 e. The molecule has 2 nitrogen and oxygen atoms in total. The van der Waals surface area contributed by atoms with Crippen LogP contribution in [0.2, 0.25) is 0 Å². The molecule has 0 N–H and O–H groups in total. The molecule has 0 amide bonds. The zero-order valence-corrected chi connectivity index (χ0v) is 6.69. The van der Waals surface area contributed by atoms with Crippen molar-refractivity contribution in [2.45, 2.75) is 32.0 Å². The van der Waals surface area contributed by atoms with E-state index >= 15 is 0 Å². The van der Waals surface area contributed by atoms with Crippen LogP contribution in [0.4, 0.5) is 13.2 Å². The van der Waals surface area contributed by atoms with Crippen molar-refractivity contribution in [2.24, 2.45) is 0 Å². The Morgan fingerprint density at radius 1 is 1.50 bits per heavy atom. The van der Waals surface area contributed by atoms with Crippen LogP contribution in [0.5, 0.6) is 0 Å². The molecular weight excluding hydrogens is 171 g/mol. The van der Waals surface area contributed by atoms with Crippen LogP contribution in [-0.4, -0.2) is 18.9 Å². The van der Waals surface area contributed by atoms with Gasteiger partial charge in [0.2, 0.25) is 0 Å². The fourth-order valence-corrected chi connectivity index (χ4v) is 0.635. The zero-order valence-electron chi connectivity index (χ0n) is 6.69. The normalized spacial score (nSPS) is 13.9. The third kappa shape index (κ3) is 5.98. The molecule has 0 saturated heterocycles. The van der Waals surface area contributed by atoms with Gasteiger partial charge in [0.1, 0.15) is 6.61 Å². The van der Waals surface area contributed by atoms with Crippen molar-refractivity contribution in [1.82, 2.24) is 0 Å². The summed E-state index contributed by atoms with van der Waals surface area (Å²) in [6, 6.07) is 1.76. The Labute approximate surface area is 68.9 Å². The maximum atomic E-state index is 11.6. The highest BCUT2D eigenvalue weighted by Gasteiger charge is 2.28. The van der Waals surface area contributed by atoms with Crippen molar-refractivity contribution in [3.8, 4) is 6.07 Å². The number of ether oxygens (including phenoxy) is 1. The number of rotatable bonds is 4. The van der Waals surface area contributed by atoms with Gasteiger partial charge < -0.3 is 4.74 Å². The Morgan fingerprint density at radius 3 is 2.42 bits per heavy atom. The molecule has 0 spiro atoms. The highest BCUT2D eigenvalue weighted by Crippen LogP contribution is 2.16. The largest absolute Gasteiger partial charge is 0.411 e. The molecule has 0 radical (unpaired) electrons. The molecule has 0 bridgehead atoms. The summed E-state index contributed by atoms with van der Waals surface area (Å²) in [5.74, 6) is 0. The van der Waals surface area contributed by atoms with Crippen molar-refractivity contribution >= 4 is 0 Å². The summed E-state index contributed by atoms with van der Waals surface area (Å²) in [6.07, 6.45) is -4.48. The lowest BCUT2D eigenvalue weighted by atomic mass is 10.2. The topological polar surface area (TPSA) is 33.0 Å². The van der Waals surface area contributed by atoms with Crippen LogP contribution in [0.25, 0.3) is 0 Å². The molecule has 0 aliphatic rings. The molecule has 0 aliphatic carbocycles. The highest BCUT2D eigenvalue weighted by molar-refractivity contribution is 4.75. The van der Waals surface area contributed by atoms with Gasteiger partial charge in [0.25, 0.3) is 0 Å². The number of nitriles is 1. The minimum Gasteiger partial charge on any atom is -0.368 e. The minimum atomic E-state index is -4.30. The van der Waals surface area contributed by atoms with Gasteiger partial charge in [-0.2, -0.15) is 18.4 Å². The second-order valence-corrected chi connectivity index (χ2v) is 2.32. The number of hydrogen-bond acceptors (Lipinski definition) is 2. The molecule has 0 fully saturated rings. The second-order valence-electron chi connectivity index (χ2n) is 2.32. The van der Waals surface area contributed by atoms with Crippen LogP contribution in [0.15, 0.2) is 0 Å². The third-order valence-electron chi connectivity index (χ3n) is 1.26. The molecule has 1 atom stereocenters. The van der Waals surface area contributed by atoms with Gasteiger partial charge in [-0.15, -0.1) is 0 Å². The van der Waals surface area contributed by atoms with Crippen molar-refractivity contribution in [2.75, 3.05) is 6.61 Å². The highest BCUT2D eigenvalue weighted by atomic mass is 19.4. The monoisotopic (exact) mass is 181 g/mol. The van der Waals surface area contributed by atoms with E-state index in [1.807, 2.05) is 0 Å². The van der Waals surface area contributed by atoms with Gasteiger partial charge in [0.05, 0.1) is 18.6 Å². The second kappa shape index (κ2) is 4.99. The van der Waals surface area contributed by atoms with Gasteiger partial charge >= 0.3 is 6.18 Å². The van der Waals surface area contributed by atoms with E-state index in [1.54, 1.807) is 13.0 Å². The number of halogens is 3. The Balaban J connectivity index is 3.67. The summed E-state index contributed by atoms with van der Waals surface area (Å²) in [5, 5.41) is 8.19. The molecule has 70 valence electrons. The summed E-state index contributed by atoms with van der Waals surface area (Å²) < 4.78 is 39.2. The van der Waals surface area contributed by atoms with Gasteiger partial charge in [-0.05, 0) is 6.42 Å². The van der Waals surface area contributed by atoms with Crippen molar-refractivity contribution in [3.63, 3.8) is 0 Å². The first-order valence-corrected chi connectivity index (χ1v) is 3.55.